The monoisotopic (exact) mass is 380 g/mol. The first-order valence-electron chi connectivity index (χ1n) is 9.48. The number of fused-ring (bicyclic) bond motifs is 1. The van der Waals surface area contributed by atoms with Gasteiger partial charge in [0.05, 0.1) is 24.2 Å². The molecule has 146 valence electrons. The summed E-state index contributed by atoms with van der Waals surface area (Å²) in [6.07, 6.45) is 0.0437. The summed E-state index contributed by atoms with van der Waals surface area (Å²) in [5.41, 5.74) is 0.843. The average molecular weight is 380 g/mol. The van der Waals surface area contributed by atoms with Gasteiger partial charge in [0, 0.05) is 13.1 Å². The van der Waals surface area contributed by atoms with Gasteiger partial charge in [-0.2, -0.15) is 0 Å². The molecule has 2 aromatic rings. The largest absolute Gasteiger partial charge is 0.465 e. The summed E-state index contributed by atoms with van der Waals surface area (Å²) >= 11 is 0. The lowest BCUT2D eigenvalue weighted by atomic mass is 9.61. The molecule has 0 aromatic heterocycles. The fourth-order valence-electron chi connectivity index (χ4n) is 4.56. The van der Waals surface area contributed by atoms with Gasteiger partial charge >= 0.3 is 6.09 Å². The molecule has 0 unspecified atom stereocenters. The zero-order valence-corrected chi connectivity index (χ0v) is 15.6. The Labute approximate surface area is 164 Å². The quantitative estimate of drug-likeness (QED) is 0.774. The van der Waals surface area contributed by atoms with Gasteiger partial charge in [-0.1, -0.05) is 60.7 Å². The van der Waals surface area contributed by atoms with Crippen molar-refractivity contribution in [3.63, 3.8) is 0 Å². The second-order valence-corrected chi connectivity index (χ2v) is 7.87. The Bertz CT molecular complexity index is 847. The Balaban J connectivity index is 1.37. The zero-order valence-electron chi connectivity index (χ0n) is 15.6. The Morgan fingerprint density at radius 2 is 1.61 bits per heavy atom. The van der Waals surface area contributed by atoms with Gasteiger partial charge in [0.15, 0.2) is 0 Å². The minimum absolute atomic E-state index is 0.0706. The highest BCUT2D eigenvalue weighted by Gasteiger charge is 2.70. The number of ether oxygens (including phenoxy) is 1. The third-order valence-corrected chi connectivity index (χ3v) is 5.86. The fourth-order valence-corrected chi connectivity index (χ4v) is 4.56. The predicted octanol–water partition coefficient (Wildman–Crippen LogP) is 3.03. The summed E-state index contributed by atoms with van der Waals surface area (Å²) in [6.45, 7) is 1.43. The molecule has 6 nitrogen and oxygen atoms in total. The maximum Gasteiger partial charge on any atom is 0.407 e. The summed E-state index contributed by atoms with van der Waals surface area (Å²) in [4.78, 5) is 26.0. The lowest BCUT2D eigenvalue weighted by Crippen LogP contribution is -2.57. The number of nitrogens with zero attached hydrogens (tertiary/aromatic N) is 1. The van der Waals surface area contributed by atoms with E-state index in [0.29, 0.717) is 32.6 Å². The molecule has 3 aliphatic rings. The van der Waals surface area contributed by atoms with Crippen molar-refractivity contribution in [2.75, 3.05) is 13.2 Å². The SMILES string of the molecule is O=C(O)N1CC2(C(=O)NCc3ccccc3)CC1(COCc1ccccc1)C2. The van der Waals surface area contributed by atoms with Crippen molar-refractivity contribution in [1.29, 1.82) is 0 Å². The molecular weight excluding hydrogens is 356 g/mol. The van der Waals surface area contributed by atoms with E-state index in [9.17, 15) is 14.7 Å². The molecule has 0 atom stereocenters. The molecule has 2 amide bonds. The van der Waals surface area contributed by atoms with Gasteiger partial charge in [-0.3, -0.25) is 9.69 Å². The molecule has 1 aliphatic carbocycles. The van der Waals surface area contributed by atoms with Gasteiger partial charge < -0.3 is 15.2 Å². The van der Waals surface area contributed by atoms with E-state index < -0.39 is 17.0 Å². The van der Waals surface area contributed by atoms with Gasteiger partial charge in [-0.25, -0.2) is 4.79 Å². The van der Waals surface area contributed by atoms with Crippen LogP contribution in [0.1, 0.15) is 24.0 Å². The molecule has 2 bridgehead atoms. The number of hydrogen-bond acceptors (Lipinski definition) is 3. The molecule has 3 fully saturated rings. The number of carboxylic acid groups (broad SMARTS) is 1. The molecule has 2 aliphatic heterocycles. The number of amides is 2. The van der Waals surface area contributed by atoms with Crippen LogP contribution in [-0.2, 0) is 22.7 Å². The van der Waals surface area contributed by atoms with Gasteiger partial charge in [0.1, 0.15) is 0 Å². The number of nitrogens with one attached hydrogen (secondary N) is 1. The van der Waals surface area contributed by atoms with Crippen LogP contribution in [0.2, 0.25) is 0 Å². The maximum atomic E-state index is 12.8. The van der Waals surface area contributed by atoms with Crippen molar-refractivity contribution in [3.8, 4) is 0 Å². The van der Waals surface area contributed by atoms with E-state index in [2.05, 4.69) is 5.32 Å². The van der Waals surface area contributed by atoms with E-state index in [1.165, 1.54) is 4.90 Å². The maximum absolute atomic E-state index is 12.8. The molecular formula is C22H24N2O4. The van der Waals surface area contributed by atoms with Crippen LogP contribution in [0.3, 0.4) is 0 Å². The molecule has 6 heteroatoms. The molecule has 5 rings (SSSR count). The van der Waals surface area contributed by atoms with Crippen LogP contribution < -0.4 is 5.32 Å². The van der Waals surface area contributed by atoms with Crippen molar-refractivity contribution in [2.24, 2.45) is 5.41 Å². The van der Waals surface area contributed by atoms with Crippen molar-refractivity contribution in [1.82, 2.24) is 10.2 Å². The Morgan fingerprint density at radius 3 is 2.21 bits per heavy atom. The number of carbonyl (C=O) groups excluding carboxylic acids is 1. The van der Waals surface area contributed by atoms with Crippen molar-refractivity contribution in [2.45, 2.75) is 31.5 Å². The van der Waals surface area contributed by atoms with E-state index in [0.717, 1.165) is 11.1 Å². The van der Waals surface area contributed by atoms with Gasteiger partial charge in [0.2, 0.25) is 5.91 Å². The summed E-state index contributed by atoms with van der Waals surface area (Å²) in [6, 6.07) is 19.5. The second-order valence-electron chi connectivity index (χ2n) is 7.87. The van der Waals surface area contributed by atoms with Gasteiger partial charge in [-0.05, 0) is 24.0 Å². The highest BCUT2D eigenvalue weighted by molar-refractivity contribution is 5.87. The zero-order chi connectivity index (χ0) is 19.6. The van der Waals surface area contributed by atoms with E-state index in [4.69, 9.17) is 4.74 Å². The molecule has 0 spiro atoms. The van der Waals surface area contributed by atoms with Crippen LogP contribution in [0.4, 0.5) is 4.79 Å². The minimum Gasteiger partial charge on any atom is -0.465 e. The Kier molecular flexibility index (Phi) is 4.81. The number of hydrogen-bond donors (Lipinski definition) is 2. The van der Waals surface area contributed by atoms with Crippen LogP contribution in [0, 0.1) is 5.41 Å². The normalized spacial score (nSPS) is 25.2. The smallest absolute Gasteiger partial charge is 0.407 e. The standard InChI is InChI=1S/C22H24N2O4/c25-19(23-11-17-7-3-1-4-8-17)21-13-22(14-21,24(15-21)20(26)27)16-28-12-18-9-5-2-6-10-18/h1-10H,11-16H2,(H,23,25)(H,26,27). The average Bonchev–Trinajstić information content (AvgIpc) is 3.20. The summed E-state index contributed by atoms with van der Waals surface area (Å²) in [7, 11) is 0. The van der Waals surface area contributed by atoms with E-state index in [-0.39, 0.29) is 12.5 Å². The molecule has 2 N–H and O–H groups in total. The van der Waals surface area contributed by atoms with Crippen LogP contribution >= 0.6 is 0 Å². The topological polar surface area (TPSA) is 78.9 Å². The van der Waals surface area contributed by atoms with Crippen LogP contribution in [0.25, 0.3) is 0 Å². The van der Waals surface area contributed by atoms with E-state index in [1.807, 2.05) is 60.7 Å². The third kappa shape index (κ3) is 3.36. The predicted molar refractivity (Wildman–Crippen MR) is 104 cm³/mol. The first-order chi connectivity index (χ1) is 13.5. The van der Waals surface area contributed by atoms with Crippen molar-refractivity contribution >= 4 is 12.0 Å². The molecule has 28 heavy (non-hydrogen) atoms. The number of benzene rings is 2. The summed E-state index contributed by atoms with van der Waals surface area (Å²) in [5.74, 6) is -0.0706. The Hall–Kier alpha value is -2.86. The molecule has 2 saturated heterocycles. The minimum atomic E-state index is -0.987. The van der Waals surface area contributed by atoms with Gasteiger partial charge in [0.25, 0.3) is 0 Å². The van der Waals surface area contributed by atoms with Gasteiger partial charge in [-0.15, -0.1) is 0 Å². The lowest BCUT2D eigenvalue weighted by Gasteiger charge is -2.45. The number of rotatable bonds is 7. The Morgan fingerprint density at radius 1 is 1.00 bits per heavy atom. The van der Waals surface area contributed by atoms with E-state index >= 15 is 0 Å². The molecule has 1 saturated carbocycles. The van der Waals surface area contributed by atoms with Crippen LogP contribution in [0.5, 0.6) is 0 Å². The molecule has 2 heterocycles. The first-order valence-corrected chi connectivity index (χ1v) is 9.48. The lowest BCUT2D eigenvalue weighted by molar-refractivity contribution is -0.137. The van der Waals surface area contributed by atoms with Crippen LogP contribution in [0.15, 0.2) is 60.7 Å². The van der Waals surface area contributed by atoms with Crippen molar-refractivity contribution in [3.05, 3.63) is 71.8 Å². The molecule has 0 radical (unpaired) electrons. The first kappa shape index (κ1) is 18.5. The summed E-state index contributed by atoms with van der Waals surface area (Å²) in [5, 5.41) is 12.6. The van der Waals surface area contributed by atoms with Crippen LogP contribution in [-0.4, -0.2) is 40.7 Å². The second kappa shape index (κ2) is 7.28. The highest BCUT2D eigenvalue weighted by atomic mass is 16.5. The van der Waals surface area contributed by atoms with Crippen molar-refractivity contribution < 1.29 is 19.4 Å². The highest BCUT2D eigenvalue weighted by Crippen LogP contribution is 2.59. The third-order valence-electron chi connectivity index (χ3n) is 5.86. The summed E-state index contributed by atoms with van der Waals surface area (Å²) < 4.78 is 5.84. The van der Waals surface area contributed by atoms with E-state index in [1.54, 1.807) is 0 Å². The fraction of sp³-hybridized carbons (Fsp3) is 0.364. The molecule has 2 aromatic carbocycles. The number of carbonyl (C=O) groups is 2.